The van der Waals surface area contributed by atoms with E-state index in [2.05, 4.69) is 37.9 Å². The third-order valence-electron chi connectivity index (χ3n) is 6.47. The Kier molecular flexibility index (Phi) is 6.55. The van der Waals surface area contributed by atoms with Gasteiger partial charge in [-0.05, 0) is 44.9 Å². The van der Waals surface area contributed by atoms with Crippen molar-refractivity contribution in [3.8, 4) is 0 Å². The van der Waals surface area contributed by atoms with Crippen molar-refractivity contribution >= 4 is 0 Å². The first kappa shape index (κ1) is 17.3. The van der Waals surface area contributed by atoms with Crippen LogP contribution in [-0.4, -0.2) is 35.6 Å². The van der Waals surface area contributed by atoms with Gasteiger partial charge >= 0.3 is 0 Å². The molecule has 0 radical (unpaired) electrons. The molecule has 124 valence electrons. The molecule has 2 rings (SSSR count). The van der Waals surface area contributed by atoms with Gasteiger partial charge < -0.3 is 5.32 Å². The van der Waals surface area contributed by atoms with E-state index in [1.165, 1.54) is 70.9 Å². The van der Waals surface area contributed by atoms with Crippen molar-refractivity contribution in [2.75, 3.05) is 13.1 Å². The van der Waals surface area contributed by atoms with Gasteiger partial charge in [-0.1, -0.05) is 46.5 Å². The van der Waals surface area contributed by atoms with E-state index in [9.17, 15) is 0 Å². The molecular formula is C19H38N2. The molecule has 0 aromatic rings. The van der Waals surface area contributed by atoms with E-state index in [0.29, 0.717) is 5.54 Å². The van der Waals surface area contributed by atoms with E-state index in [1.807, 2.05) is 0 Å². The van der Waals surface area contributed by atoms with E-state index < -0.39 is 0 Å². The maximum absolute atomic E-state index is 3.97. The topological polar surface area (TPSA) is 15.3 Å². The molecule has 1 saturated carbocycles. The summed E-state index contributed by atoms with van der Waals surface area (Å²) in [5.41, 5.74) is 0.403. The summed E-state index contributed by atoms with van der Waals surface area (Å²) in [6.45, 7) is 12.1. The predicted octanol–water partition coefficient (Wildman–Crippen LogP) is 4.59. The Labute approximate surface area is 133 Å². The average Bonchev–Trinajstić information content (AvgIpc) is 2.55. The summed E-state index contributed by atoms with van der Waals surface area (Å²) in [4.78, 5) is 2.90. The van der Waals surface area contributed by atoms with Gasteiger partial charge in [0, 0.05) is 30.7 Å². The summed E-state index contributed by atoms with van der Waals surface area (Å²) in [5, 5.41) is 3.97. The van der Waals surface area contributed by atoms with Crippen molar-refractivity contribution in [1.82, 2.24) is 10.2 Å². The summed E-state index contributed by atoms with van der Waals surface area (Å²) in [7, 11) is 0. The van der Waals surface area contributed by atoms with Crippen molar-refractivity contribution < 1.29 is 0 Å². The van der Waals surface area contributed by atoms with Crippen LogP contribution in [0.1, 0.15) is 85.5 Å². The Bertz CT molecular complexity index is 292. The zero-order valence-electron chi connectivity index (χ0n) is 15.0. The first-order valence-corrected chi connectivity index (χ1v) is 9.67. The minimum atomic E-state index is 0.403. The molecule has 2 nitrogen and oxygen atoms in total. The minimum Gasteiger partial charge on any atom is -0.311 e. The van der Waals surface area contributed by atoms with E-state index in [-0.39, 0.29) is 0 Å². The predicted molar refractivity (Wildman–Crippen MR) is 92.8 cm³/mol. The highest BCUT2D eigenvalue weighted by Gasteiger charge is 2.42. The zero-order valence-corrected chi connectivity index (χ0v) is 15.0. The van der Waals surface area contributed by atoms with Crippen LogP contribution < -0.4 is 5.32 Å². The van der Waals surface area contributed by atoms with Crippen LogP contribution in [0.2, 0.25) is 0 Å². The average molecular weight is 295 g/mol. The smallest absolute Gasteiger partial charge is 0.0332 e. The summed E-state index contributed by atoms with van der Waals surface area (Å²) in [5.74, 6) is 0.932. The number of piperazine rings is 1. The maximum atomic E-state index is 3.97. The number of hydrogen-bond donors (Lipinski definition) is 1. The van der Waals surface area contributed by atoms with Gasteiger partial charge in [-0.15, -0.1) is 0 Å². The van der Waals surface area contributed by atoms with Gasteiger partial charge in [0.1, 0.15) is 0 Å². The van der Waals surface area contributed by atoms with E-state index in [0.717, 1.165) is 18.0 Å². The molecule has 2 aliphatic rings. The molecule has 0 spiro atoms. The fourth-order valence-corrected chi connectivity index (χ4v) is 4.87. The molecule has 2 fully saturated rings. The number of hydrogen-bond acceptors (Lipinski definition) is 2. The van der Waals surface area contributed by atoms with Crippen molar-refractivity contribution in [3.05, 3.63) is 0 Å². The third-order valence-corrected chi connectivity index (χ3v) is 6.47. The van der Waals surface area contributed by atoms with Gasteiger partial charge in [0.05, 0.1) is 0 Å². The van der Waals surface area contributed by atoms with E-state index >= 15 is 0 Å². The quantitative estimate of drug-likeness (QED) is 0.771. The fourth-order valence-electron chi connectivity index (χ4n) is 4.87. The molecule has 0 bridgehead atoms. The minimum absolute atomic E-state index is 0.403. The molecule has 2 heteroatoms. The highest BCUT2D eigenvalue weighted by molar-refractivity contribution is 5.01. The van der Waals surface area contributed by atoms with Crippen molar-refractivity contribution in [2.24, 2.45) is 5.92 Å². The lowest BCUT2D eigenvalue weighted by molar-refractivity contribution is -0.0155. The molecule has 0 aromatic carbocycles. The lowest BCUT2D eigenvalue weighted by Gasteiger charge is -2.54. The van der Waals surface area contributed by atoms with Gasteiger partial charge in [0.15, 0.2) is 0 Å². The molecule has 0 aromatic heterocycles. The molecule has 1 saturated heterocycles. The monoisotopic (exact) mass is 294 g/mol. The van der Waals surface area contributed by atoms with Gasteiger partial charge in [-0.25, -0.2) is 0 Å². The Morgan fingerprint density at radius 1 is 1.10 bits per heavy atom. The Balaban J connectivity index is 2.08. The molecule has 1 N–H and O–H groups in total. The number of nitrogens with one attached hydrogen (secondary N) is 1. The number of nitrogens with zero attached hydrogens (tertiary/aromatic N) is 1. The van der Waals surface area contributed by atoms with Crippen LogP contribution in [0.5, 0.6) is 0 Å². The Hall–Kier alpha value is -0.0800. The normalized spacial score (nSPS) is 29.4. The summed E-state index contributed by atoms with van der Waals surface area (Å²) < 4.78 is 0. The molecule has 1 aliphatic heterocycles. The van der Waals surface area contributed by atoms with E-state index in [4.69, 9.17) is 0 Å². The molecule has 0 amide bonds. The van der Waals surface area contributed by atoms with Gasteiger partial charge in [0.25, 0.3) is 0 Å². The van der Waals surface area contributed by atoms with Crippen LogP contribution in [0.4, 0.5) is 0 Å². The molecule has 21 heavy (non-hydrogen) atoms. The lowest BCUT2D eigenvalue weighted by Crippen LogP contribution is -2.67. The second-order valence-corrected chi connectivity index (χ2v) is 7.61. The molecule has 1 heterocycles. The Morgan fingerprint density at radius 3 is 2.33 bits per heavy atom. The first-order chi connectivity index (χ1) is 10.2. The highest BCUT2D eigenvalue weighted by atomic mass is 15.3. The summed E-state index contributed by atoms with van der Waals surface area (Å²) in [6.07, 6.45) is 12.5. The summed E-state index contributed by atoms with van der Waals surface area (Å²) >= 11 is 0. The van der Waals surface area contributed by atoms with Crippen LogP contribution in [0, 0.1) is 5.92 Å². The molecule has 1 aliphatic carbocycles. The van der Waals surface area contributed by atoms with Crippen molar-refractivity contribution in [1.29, 1.82) is 0 Å². The Morgan fingerprint density at radius 2 is 1.76 bits per heavy atom. The molecule has 2 atom stereocenters. The van der Waals surface area contributed by atoms with Crippen LogP contribution >= 0.6 is 0 Å². The second kappa shape index (κ2) is 7.97. The second-order valence-electron chi connectivity index (χ2n) is 7.61. The molecular weight excluding hydrogens is 256 g/mol. The zero-order chi connectivity index (χ0) is 15.3. The van der Waals surface area contributed by atoms with Crippen LogP contribution in [-0.2, 0) is 0 Å². The highest BCUT2D eigenvalue weighted by Crippen LogP contribution is 2.35. The van der Waals surface area contributed by atoms with Gasteiger partial charge in [-0.2, -0.15) is 0 Å². The number of rotatable bonds is 6. The largest absolute Gasteiger partial charge is 0.311 e. The van der Waals surface area contributed by atoms with Crippen LogP contribution in [0.25, 0.3) is 0 Å². The van der Waals surface area contributed by atoms with E-state index in [1.54, 1.807) is 0 Å². The third kappa shape index (κ3) is 3.82. The first-order valence-electron chi connectivity index (χ1n) is 9.67. The van der Waals surface area contributed by atoms with Crippen molar-refractivity contribution in [2.45, 2.75) is 103 Å². The standard InChI is InChI=1S/C19H38N2/c1-5-11-16(4)21-14-18(17-12-9-8-10-13-17)20-15-19(21,6-2)7-3/h16-18,20H,5-15H2,1-4H3. The van der Waals surface area contributed by atoms with Gasteiger partial charge in [0.2, 0.25) is 0 Å². The SMILES string of the molecule is CCCC(C)N1CC(C2CCCCC2)NCC1(CC)CC. The van der Waals surface area contributed by atoms with Crippen LogP contribution in [0.3, 0.4) is 0 Å². The lowest BCUT2D eigenvalue weighted by atomic mass is 9.79. The molecule has 2 unspecified atom stereocenters. The van der Waals surface area contributed by atoms with Crippen LogP contribution in [0.15, 0.2) is 0 Å². The maximum Gasteiger partial charge on any atom is 0.0332 e. The summed E-state index contributed by atoms with van der Waals surface area (Å²) in [6, 6.07) is 1.49. The van der Waals surface area contributed by atoms with Crippen molar-refractivity contribution in [3.63, 3.8) is 0 Å². The van der Waals surface area contributed by atoms with Gasteiger partial charge in [-0.3, -0.25) is 4.90 Å². The fraction of sp³-hybridized carbons (Fsp3) is 1.00.